The average Bonchev–Trinajstić information content (AvgIpc) is 2.41. The van der Waals surface area contributed by atoms with Gasteiger partial charge in [-0.25, -0.2) is 0 Å². The Morgan fingerprint density at radius 1 is 1.00 bits per heavy atom. The number of para-hydroxylation sites is 2. The van der Waals surface area contributed by atoms with E-state index in [4.69, 9.17) is 8.92 Å². The summed E-state index contributed by atoms with van der Waals surface area (Å²) in [6.07, 6.45) is 0. The van der Waals surface area contributed by atoms with Gasteiger partial charge in [-0.1, -0.05) is 28.1 Å². The van der Waals surface area contributed by atoms with Crippen LogP contribution in [0.15, 0.2) is 57.9 Å². The first kappa shape index (κ1) is 14.9. The first-order valence-electron chi connectivity index (χ1n) is 5.95. The fourth-order valence-corrected chi connectivity index (χ4v) is 2.77. The first-order valence-corrected chi connectivity index (χ1v) is 8.15. The summed E-state index contributed by atoms with van der Waals surface area (Å²) in [5.41, 5.74) is 0. The highest BCUT2D eigenvalue weighted by Crippen LogP contribution is 2.29. The van der Waals surface area contributed by atoms with Crippen LogP contribution in [-0.2, 0) is 10.1 Å². The molecule has 0 saturated carbocycles. The molecular formula is C14H13BrO4S. The molecule has 0 aromatic heterocycles. The fourth-order valence-electron chi connectivity index (χ4n) is 1.56. The second-order valence-electron chi connectivity index (χ2n) is 3.87. The van der Waals surface area contributed by atoms with Crippen molar-refractivity contribution < 1.29 is 17.3 Å². The van der Waals surface area contributed by atoms with E-state index in [2.05, 4.69) is 15.9 Å². The van der Waals surface area contributed by atoms with Crippen LogP contribution < -0.4 is 8.92 Å². The summed E-state index contributed by atoms with van der Waals surface area (Å²) >= 11 is 3.26. The highest BCUT2D eigenvalue weighted by Gasteiger charge is 2.18. The minimum Gasteiger partial charge on any atom is -0.490 e. The molecule has 0 fully saturated rings. The van der Waals surface area contributed by atoms with Crippen molar-refractivity contribution in [3.8, 4) is 11.5 Å². The summed E-state index contributed by atoms with van der Waals surface area (Å²) < 4.78 is 35.6. The van der Waals surface area contributed by atoms with E-state index in [-0.39, 0.29) is 10.6 Å². The number of hydrogen-bond acceptors (Lipinski definition) is 4. The average molecular weight is 357 g/mol. The van der Waals surface area contributed by atoms with Crippen molar-refractivity contribution in [2.45, 2.75) is 11.8 Å². The van der Waals surface area contributed by atoms with E-state index >= 15 is 0 Å². The van der Waals surface area contributed by atoms with Crippen LogP contribution in [0.4, 0.5) is 0 Å². The number of rotatable bonds is 5. The predicted octanol–water partition coefficient (Wildman–Crippen LogP) is 3.62. The first-order chi connectivity index (χ1) is 9.53. The molecule has 0 aliphatic rings. The van der Waals surface area contributed by atoms with Crippen molar-refractivity contribution in [3.63, 3.8) is 0 Å². The smallest absolute Gasteiger partial charge is 0.339 e. The van der Waals surface area contributed by atoms with Crippen LogP contribution >= 0.6 is 15.9 Å². The molecule has 0 aliphatic heterocycles. The summed E-state index contributed by atoms with van der Waals surface area (Å²) in [6, 6.07) is 12.9. The molecule has 0 unspecified atom stereocenters. The molecule has 6 heteroatoms. The summed E-state index contributed by atoms with van der Waals surface area (Å²) in [6.45, 7) is 2.25. The molecule has 0 heterocycles. The Bertz CT molecular complexity index is 681. The van der Waals surface area contributed by atoms with Crippen LogP contribution in [0.1, 0.15) is 6.92 Å². The quantitative estimate of drug-likeness (QED) is 0.767. The monoisotopic (exact) mass is 356 g/mol. The van der Waals surface area contributed by atoms with Gasteiger partial charge in [0.25, 0.3) is 0 Å². The van der Waals surface area contributed by atoms with Crippen molar-refractivity contribution in [2.24, 2.45) is 0 Å². The summed E-state index contributed by atoms with van der Waals surface area (Å²) in [5, 5.41) is 0. The topological polar surface area (TPSA) is 52.6 Å². The van der Waals surface area contributed by atoms with Gasteiger partial charge in [0.2, 0.25) is 0 Å². The highest BCUT2D eigenvalue weighted by molar-refractivity contribution is 9.10. The highest BCUT2D eigenvalue weighted by atomic mass is 79.9. The Kier molecular flexibility index (Phi) is 4.67. The number of ether oxygens (including phenoxy) is 1. The molecule has 2 rings (SSSR count). The van der Waals surface area contributed by atoms with Gasteiger partial charge in [0.15, 0.2) is 11.5 Å². The molecule has 0 atom stereocenters. The lowest BCUT2D eigenvalue weighted by molar-refractivity contribution is 0.327. The molecule has 2 aromatic carbocycles. The maximum atomic E-state index is 12.2. The van der Waals surface area contributed by atoms with E-state index in [1.54, 1.807) is 36.4 Å². The van der Waals surface area contributed by atoms with Gasteiger partial charge < -0.3 is 8.92 Å². The van der Waals surface area contributed by atoms with E-state index < -0.39 is 10.1 Å². The lowest BCUT2D eigenvalue weighted by atomic mass is 10.3. The Hall–Kier alpha value is -1.53. The zero-order chi connectivity index (χ0) is 14.6. The maximum Gasteiger partial charge on any atom is 0.339 e. The SMILES string of the molecule is CCOc1ccccc1OS(=O)(=O)c1ccc(Br)cc1. The van der Waals surface area contributed by atoms with Gasteiger partial charge in [-0.2, -0.15) is 8.42 Å². The van der Waals surface area contributed by atoms with Crippen LogP contribution in [0.5, 0.6) is 11.5 Å². The second-order valence-corrected chi connectivity index (χ2v) is 6.33. The molecule has 0 amide bonds. The minimum atomic E-state index is -3.87. The normalized spacial score (nSPS) is 11.1. The van der Waals surface area contributed by atoms with Gasteiger partial charge in [-0.15, -0.1) is 0 Å². The number of hydrogen-bond donors (Lipinski definition) is 0. The minimum absolute atomic E-state index is 0.0898. The Labute approximate surface area is 126 Å². The standard InChI is InChI=1S/C14H13BrO4S/c1-2-18-13-5-3-4-6-14(13)19-20(16,17)12-9-7-11(15)8-10-12/h3-10H,2H2,1H3. The molecule has 0 radical (unpaired) electrons. The van der Waals surface area contributed by atoms with E-state index in [9.17, 15) is 8.42 Å². The molecule has 0 N–H and O–H groups in total. The molecule has 0 aliphatic carbocycles. The van der Waals surface area contributed by atoms with Gasteiger partial charge in [0.1, 0.15) is 4.90 Å². The lowest BCUT2D eigenvalue weighted by Gasteiger charge is -2.11. The van der Waals surface area contributed by atoms with E-state index in [0.717, 1.165) is 4.47 Å². The molecule has 0 saturated heterocycles. The molecule has 106 valence electrons. The molecule has 2 aromatic rings. The van der Waals surface area contributed by atoms with E-state index in [1.165, 1.54) is 12.1 Å². The largest absolute Gasteiger partial charge is 0.490 e. The van der Waals surface area contributed by atoms with Crippen LogP contribution in [0.3, 0.4) is 0 Å². The van der Waals surface area contributed by atoms with Gasteiger partial charge >= 0.3 is 10.1 Å². The number of benzene rings is 2. The third kappa shape index (κ3) is 3.52. The van der Waals surface area contributed by atoms with Crippen molar-refractivity contribution >= 4 is 26.0 Å². The molecule has 20 heavy (non-hydrogen) atoms. The van der Waals surface area contributed by atoms with Crippen molar-refractivity contribution in [3.05, 3.63) is 53.0 Å². The summed E-state index contributed by atoms with van der Waals surface area (Å²) in [7, 11) is -3.87. The number of halogens is 1. The third-order valence-corrected chi connectivity index (χ3v) is 4.23. The zero-order valence-corrected chi connectivity index (χ0v) is 13.1. The van der Waals surface area contributed by atoms with Gasteiger partial charge in [0, 0.05) is 4.47 Å². The van der Waals surface area contributed by atoms with Crippen LogP contribution in [0, 0.1) is 0 Å². The van der Waals surface area contributed by atoms with Gasteiger partial charge in [0.05, 0.1) is 6.61 Å². The maximum absolute atomic E-state index is 12.2. The molecular weight excluding hydrogens is 344 g/mol. The van der Waals surface area contributed by atoms with Crippen molar-refractivity contribution in [2.75, 3.05) is 6.61 Å². The molecule has 0 spiro atoms. The fraction of sp³-hybridized carbons (Fsp3) is 0.143. The van der Waals surface area contributed by atoms with Gasteiger partial charge in [-0.3, -0.25) is 0 Å². The third-order valence-electron chi connectivity index (χ3n) is 2.45. The van der Waals surface area contributed by atoms with Crippen LogP contribution in [0.2, 0.25) is 0 Å². The summed E-state index contributed by atoms with van der Waals surface area (Å²) in [4.78, 5) is 0.0898. The Morgan fingerprint density at radius 3 is 2.20 bits per heavy atom. The van der Waals surface area contributed by atoms with E-state index in [1.807, 2.05) is 6.92 Å². The Balaban J connectivity index is 2.31. The van der Waals surface area contributed by atoms with Crippen molar-refractivity contribution in [1.29, 1.82) is 0 Å². The zero-order valence-electron chi connectivity index (χ0n) is 10.7. The molecule has 4 nitrogen and oxygen atoms in total. The predicted molar refractivity (Wildman–Crippen MR) is 79.6 cm³/mol. The molecule has 0 bridgehead atoms. The van der Waals surface area contributed by atoms with Gasteiger partial charge in [-0.05, 0) is 43.3 Å². The Morgan fingerprint density at radius 2 is 1.60 bits per heavy atom. The van der Waals surface area contributed by atoms with Crippen LogP contribution in [0.25, 0.3) is 0 Å². The summed E-state index contributed by atoms with van der Waals surface area (Å²) in [5.74, 6) is 0.577. The van der Waals surface area contributed by atoms with E-state index in [0.29, 0.717) is 12.4 Å². The second kappa shape index (κ2) is 6.28. The lowest BCUT2D eigenvalue weighted by Crippen LogP contribution is -2.10. The van der Waals surface area contributed by atoms with Crippen molar-refractivity contribution in [1.82, 2.24) is 0 Å². The van der Waals surface area contributed by atoms with Crippen LogP contribution in [-0.4, -0.2) is 15.0 Å².